The number of rotatable bonds is 2. The Morgan fingerprint density at radius 3 is 2.71 bits per heavy atom. The molecule has 2 aromatic rings. The number of methoxy groups -OCH3 is 1. The summed E-state index contributed by atoms with van der Waals surface area (Å²) in [5.74, 6) is 0.845. The zero-order valence-corrected chi connectivity index (χ0v) is 10.9. The van der Waals surface area contributed by atoms with Crippen LogP contribution in [-0.2, 0) is 0 Å². The summed E-state index contributed by atoms with van der Waals surface area (Å²) in [5.41, 5.74) is 7.35. The van der Waals surface area contributed by atoms with E-state index in [2.05, 4.69) is 21.1 Å². The lowest BCUT2D eigenvalue weighted by atomic mass is 10.0. The van der Waals surface area contributed by atoms with Gasteiger partial charge in [-0.3, -0.25) is 0 Å². The van der Waals surface area contributed by atoms with Crippen LogP contribution in [0.1, 0.15) is 5.56 Å². The van der Waals surface area contributed by atoms with Crippen LogP contribution >= 0.6 is 15.9 Å². The number of aromatic hydroxyl groups is 1. The van der Waals surface area contributed by atoms with Gasteiger partial charge in [0.15, 0.2) is 0 Å². The topological polar surface area (TPSA) is 81.5 Å². The fourth-order valence-corrected chi connectivity index (χ4v) is 2.34. The number of nitrogens with zero attached hydrogens (tertiary/aromatic N) is 1. The number of hydrogen-bond acceptors (Lipinski definition) is 5. The van der Waals surface area contributed by atoms with Crippen LogP contribution in [0.15, 0.2) is 21.3 Å². The highest BCUT2D eigenvalue weighted by atomic mass is 79.9. The van der Waals surface area contributed by atoms with Crippen molar-refractivity contribution in [1.82, 2.24) is 5.16 Å². The van der Waals surface area contributed by atoms with Crippen LogP contribution in [0.3, 0.4) is 0 Å². The highest BCUT2D eigenvalue weighted by Crippen LogP contribution is 2.43. The molecule has 0 radical (unpaired) electrons. The van der Waals surface area contributed by atoms with Gasteiger partial charge in [0, 0.05) is 11.1 Å². The molecule has 0 aliphatic heterocycles. The number of aromatic nitrogens is 1. The van der Waals surface area contributed by atoms with Crippen molar-refractivity contribution in [1.29, 1.82) is 0 Å². The molecular weight excluding hydrogens is 288 g/mol. The SMILES string of the molecule is COc1c(Br)cc(-c2cnoc2N)c(O)c1C. The molecule has 0 saturated carbocycles. The lowest BCUT2D eigenvalue weighted by Gasteiger charge is -2.12. The van der Waals surface area contributed by atoms with Crippen LogP contribution in [0.5, 0.6) is 11.5 Å². The first-order chi connectivity index (χ1) is 8.06. The van der Waals surface area contributed by atoms with E-state index in [0.717, 1.165) is 4.47 Å². The monoisotopic (exact) mass is 298 g/mol. The number of phenolic OH excluding ortho intramolecular Hbond substituents is 1. The van der Waals surface area contributed by atoms with Crippen molar-refractivity contribution < 1.29 is 14.4 Å². The van der Waals surface area contributed by atoms with Crippen LogP contribution in [-0.4, -0.2) is 17.4 Å². The van der Waals surface area contributed by atoms with E-state index in [0.29, 0.717) is 22.4 Å². The first-order valence-corrected chi connectivity index (χ1v) is 5.62. The third-order valence-corrected chi connectivity index (χ3v) is 3.12. The third kappa shape index (κ3) is 1.84. The van der Waals surface area contributed by atoms with Crippen molar-refractivity contribution in [2.45, 2.75) is 6.92 Å². The highest BCUT2D eigenvalue weighted by Gasteiger charge is 2.18. The molecule has 0 saturated heterocycles. The normalized spacial score (nSPS) is 10.5. The van der Waals surface area contributed by atoms with Gasteiger partial charge in [-0.25, -0.2) is 0 Å². The van der Waals surface area contributed by atoms with Crippen molar-refractivity contribution >= 4 is 21.8 Å². The van der Waals surface area contributed by atoms with Gasteiger partial charge >= 0.3 is 0 Å². The van der Waals surface area contributed by atoms with E-state index in [1.807, 2.05) is 0 Å². The molecule has 1 aromatic carbocycles. The molecule has 0 aliphatic rings. The summed E-state index contributed by atoms with van der Waals surface area (Å²) in [5, 5.41) is 13.7. The van der Waals surface area contributed by atoms with Crippen LogP contribution < -0.4 is 10.5 Å². The number of halogens is 1. The Morgan fingerprint density at radius 1 is 1.47 bits per heavy atom. The maximum Gasteiger partial charge on any atom is 0.230 e. The summed E-state index contributed by atoms with van der Waals surface area (Å²) in [6.07, 6.45) is 1.46. The van der Waals surface area contributed by atoms with Gasteiger partial charge in [0.2, 0.25) is 5.88 Å². The van der Waals surface area contributed by atoms with Crippen molar-refractivity contribution in [3.8, 4) is 22.6 Å². The lowest BCUT2D eigenvalue weighted by Crippen LogP contribution is -1.92. The number of anilines is 1. The van der Waals surface area contributed by atoms with Crippen molar-refractivity contribution in [2.75, 3.05) is 12.8 Å². The summed E-state index contributed by atoms with van der Waals surface area (Å²) in [6.45, 7) is 1.76. The molecule has 0 aliphatic carbocycles. The standard InChI is InChI=1S/C11H11BrN2O3/c1-5-9(15)6(3-8(12)10(5)16-2)7-4-14-17-11(7)13/h3-4,15H,13H2,1-2H3. The first kappa shape index (κ1) is 11.8. The first-order valence-electron chi connectivity index (χ1n) is 4.82. The number of benzene rings is 1. The van der Waals surface area contributed by atoms with Gasteiger partial charge in [0.1, 0.15) is 11.5 Å². The molecule has 0 fully saturated rings. The number of hydrogen-bond donors (Lipinski definition) is 2. The summed E-state index contributed by atoms with van der Waals surface area (Å²) >= 11 is 3.37. The van der Waals surface area contributed by atoms with Crippen molar-refractivity contribution in [2.24, 2.45) is 0 Å². The second kappa shape index (κ2) is 4.29. The quantitative estimate of drug-likeness (QED) is 0.891. The molecule has 0 atom stereocenters. The Labute approximate surface area is 106 Å². The molecule has 0 spiro atoms. The van der Waals surface area contributed by atoms with Gasteiger partial charge in [-0.05, 0) is 28.9 Å². The minimum Gasteiger partial charge on any atom is -0.507 e. The molecule has 1 heterocycles. The Balaban J connectivity index is 2.69. The van der Waals surface area contributed by atoms with Crippen LogP contribution in [0, 0.1) is 6.92 Å². The zero-order valence-electron chi connectivity index (χ0n) is 9.32. The molecule has 1 aromatic heterocycles. The Morgan fingerprint density at radius 2 is 2.18 bits per heavy atom. The van der Waals surface area contributed by atoms with Crippen LogP contribution in [0.25, 0.3) is 11.1 Å². The van der Waals surface area contributed by atoms with E-state index < -0.39 is 0 Å². The lowest BCUT2D eigenvalue weighted by molar-refractivity contribution is 0.400. The number of ether oxygens (including phenoxy) is 1. The van der Waals surface area contributed by atoms with Gasteiger partial charge < -0.3 is 20.1 Å². The van der Waals surface area contributed by atoms with Crippen LogP contribution in [0.2, 0.25) is 0 Å². The highest BCUT2D eigenvalue weighted by molar-refractivity contribution is 9.10. The van der Waals surface area contributed by atoms with Crippen molar-refractivity contribution in [3.63, 3.8) is 0 Å². The zero-order chi connectivity index (χ0) is 12.6. The summed E-state index contributed by atoms with van der Waals surface area (Å²) in [6, 6.07) is 1.71. The smallest absolute Gasteiger partial charge is 0.230 e. The minimum absolute atomic E-state index is 0.0972. The molecule has 3 N–H and O–H groups in total. The number of nitrogen functional groups attached to an aromatic ring is 1. The minimum atomic E-state index is 0.0972. The molecule has 0 bridgehead atoms. The van der Waals surface area contributed by atoms with E-state index >= 15 is 0 Å². The average Bonchev–Trinajstić information content (AvgIpc) is 2.71. The van der Waals surface area contributed by atoms with Crippen LogP contribution in [0.4, 0.5) is 5.88 Å². The van der Waals surface area contributed by atoms with Crippen molar-refractivity contribution in [3.05, 3.63) is 22.3 Å². The maximum atomic E-state index is 10.1. The van der Waals surface area contributed by atoms with E-state index in [4.69, 9.17) is 15.0 Å². The number of phenols is 1. The molecule has 0 unspecified atom stereocenters. The predicted molar refractivity (Wildman–Crippen MR) is 67.0 cm³/mol. The average molecular weight is 299 g/mol. The van der Waals surface area contributed by atoms with E-state index in [1.165, 1.54) is 6.20 Å². The van der Waals surface area contributed by atoms with Gasteiger partial charge in [-0.15, -0.1) is 0 Å². The molecule has 2 rings (SSSR count). The summed E-state index contributed by atoms with van der Waals surface area (Å²) in [4.78, 5) is 0. The summed E-state index contributed by atoms with van der Waals surface area (Å²) < 4.78 is 10.7. The summed E-state index contributed by atoms with van der Waals surface area (Å²) in [7, 11) is 1.54. The van der Waals surface area contributed by atoms with Gasteiger partial charge in [0.25, 0.3) is 0 Å². The molecule has 90 valence electrons. The molecule has 17 heavy (non-hydrogen) atoms. The second-order valence-electron chi connectivity index (χ2n) is 3.52. The molecule has 5 nitrogen and oxygen atoms in total. The van der Waals surface area contributed by atoms with Gasteiger partial charge in [0.05, 0.1) is 23.3 Å². The third-order valence-electron chi connectivity index (χ3n) is 2.53. The number of nitrogens with two attached hydrogens (primary N) is 1. The fourth-order valence-electron chi connectivity index (χ4n) is 1.66. The Hall–Kier alpha value is -1.69. The Kier molecular flexibility index (Phi) is 2.97. The van der Waals surface area contributed by atoms with E-state index in [9.17, 15) is 5.11 Å². The molecule has 0 amide bonds. The molecule has 6 heteroatoms. The largest absolute Gasteiger partial charge is 0.507 e. The van der Waals surface area contributed by atoms with Gasteiger partial charge in [-0.2, -0.15) is 0 Å². The second-order valence-corrected chi connectivity index (χ2v) is 4.37. The molecular formula is C11H11BrN2O3. The Bertz CT molecular complexity index is 566. The fraction of sp³-hybridized carbons (Fsp3) is 0.182. The maximum absolute atomic E-state index is 10.1. The predicted octanol–water partition coefficient (Wildman–Crippen LogP) is 2.71. The van der Waals surface area contributed by atoms with E-state index in [-0.39, 0.29) is 11.6 Å². The van der Waals surface area contributed by atoms with Gasteiger partial charge in [-0.1, -0.05) is 5.16 Å². The van der Waals surface area contributed by atoms with E-state index in [1.54, 1.807) is 20.1 Å².